The van der Waals surface area contributed by atoms with Crippen molar-refractivity contribution in [3.63, 3.8) is 0 Å². The standard InChI is InChI=1S/C14H14F2O/c1-7-2-11(13(16)6-12(7)15)14(17)10-4-8-3-9(8)5-10/h2,6,8-10H,3-5H2,1H3. The first kappa shape index (κ1) is 10.9. The third-order valence-electron chi connectivity index (χ3n) is 4.13. The van der Waals surface area contributed by atoms with Gasteiger partial charge < -0.3 is 0 Å². The average Bonchev–Trinajstić information content (AvgIpc) is 2.90. The lowest BCUT2D eigenvalue weighted by atomic mass is 9.92. The quantitative estimate of drug-likeness (QED) is 0.718. The van der Waals surface area contributed by atoms with E-state index in [0.717, 1.165) is 18.9 Å². The van der Waals surface area contributed by atoms with Crippen molar-refractivity contribution in [3.05, 3.63) is 34.9 Å². The number of aryl methyl sites for hydroxylation is 1. The van der Waals surface area contributed by atoms with Crippen LogP contribution in [0.2, 0.25) is 0 Å². The van der Waals surface area contributed by atoms with Crippen LogP contribution in [0.15, 0.2) is 12.1 Å². The number of hydrogen-bond acceptors (Lipinski definition) is 1. The van der Waals surface area contributed by atoms with E-state index in [2.05, 4.69) is 0 Å². The second-order valence-electron chi connectivity index (χ2n) is 5.37. The van der Waals surface area contributed by atoms with Crippen molar-refractivity contribution in [1.82, 2.24) is 0 Å². The molecule has 2 saturated carbocycles. The zero-order valence-electron chi connectivity index (χ0n) is 9.67. The number of ketones is 1. The molecular weight excluding hydrogens is 222 g/mol. The Bertz CT molecular complexity index is 485. The molecule has 0 aromatic heterocycles. The minimum Gasteiger partial charge on any atom is -0.294 e. The first-order valence-corrected chi connectivity index (χ1v) is 6.06. The molecule has 0 spiro atoms. The summed E-state index contributed by atoms with van der Waals surface area (Å²) in [6.07, 6.45) is 3.01. The van der Waals surface area contributed by atoms with Crippen molar-refractivity contribution >= 4 is 5.78 Å². The average molecular weight is 236 g/mol. The van der Waals surface area contributed by atoms with Crippen LogP contribution in [-0.2, 0) is 0 Å². The van der Waals surface area contributed by atoms with Gasteiger partial charge in [-0.15, -0.1) is 0 Å². The predicted octanol–water partition coefficient (Wildman–Crippen LogP) is 3.50. The van der Waals surface area contributed by atoms with Crippen LogP contribution < -0.4 is 0 Å². The molecule has 0 amide bonds. The van der Waals surface area contributed by atoms with E-state index in [4.69, 9.17) is 0 Å². The summed E-state index contributed by atoms with van der Waals surface area (Å²) in [4.78, 5) is 12.1. The summed E-state index contributed by atoms with van der Waals surface area (Å²) in [6.45, 7) is 1.55. The van der Waals surface area contributed by atoms with Crippen LogP contribution in [0.5, 0.6) is 0 Å². The first-order chi connectivity index (χ1) is 8.06. The summed E-state index contributed by atoms with van der Waals surface area (Å²) in [7, 11) is 0. The summed E-state index contributed by atoms with van der Waals surface area (Å²) >= 11 is 0. The van der Waals surface area contributed by atoms with E-state index < -0.39 is 11.6 Å². The molecule has 2 unspecified atom stereocenters. The van der Waals surface area contributed by atoms with Crippen LogP contribution in [0.3, 0.4) is 0 Å². The van der Waals surface area contributed by atoms with E-state index in [-0.39, 0.29) is 17.3 Å². The van der Waals surface area contributed by atoms with Crippen molar-refractivity contribution in [2.45, 2.75) is 26.2 Å². The van der Waals surface area contributed by atoms with E-state index in [1.165, 1.54) is 12.5 Å². The van der Waals surface area contributed by atoms with Crippen molar-refractivity contribution in [3.8, 4) is 0 Å². The molecule has 3 heteroatoms. The Morgan fingerprint density at radius 2 is 1.76 bits per heavy atom. The number of carbonyl (C=O) groups excluding carboxylic acids is 1. The highest BCUT2D eigenvalue weighted by Gasteiger charge is 2.48. The first-order valence-electron chi connectivity index (χ1n) is 6.06. The Balaban J connectivity index is 1.88. The maximum atomic E-state index is 13.6. The summed E-state index contributed by atoms with van der Waals surface area (Å²) < 4.78 is 26.7. The largest absolute Gasteiger partial charge is 0.294 e. The van der Waals surface area contributed by atoms with Crippen LogP contribution in [0.25, 0.3) is 0 Å². The van der Waals surface area contributed by atoms with Gasteiger partial charge in [0.15, 0.2) is 5.78 Å². The SMILES string of the molecule is Cc1cc(C(=O)C2CC3CC3C2)c(F)cc1F. The molecule has 0 aliphatic heterocycles. The van der Waals surface area contributed by atoms with Gasteiger partial charge in [-0.1, -0.05) is 0 Å². The molecule has 2 aliphatic carbocycles. The fourth-order valence-electron chi connectivity index (χ4n) is 2.99. The van der Waals surface area contributed by atoms with Gasteiger partial charge in [0, 0.05) is 12.0 Å². The number of fused-ring (bicyclic) bond motifs is 1. The minimum absolute atomic E-state index is 0.0434. The fraction of sp³-hybridized carbons (Fsp3) is 0.500. The molecule has 2 fully saturated rings. The van der Waals surface area contributed by atoms with E-state index in [9.17, 15) is 13.6 Å². The lowest BCUT2D eigenvalue weighted by Crippen LogP contribution is -2.15. The molecule has 2 atom stereocenters. The van der Waals surface area contributed by atoms with Gasteiger partial charge in [0.25, 0.3) is 0 Å². The number of carbonyl (C=O) groups is 1. The van der Waals surface area contributed by atoms with Crippen molar-refractivity contribution < 1.29 is 13.6 Å². The minimum atomic E-state index is -0.723. The van der Waals surface area contributed by atoms with Crippen LogP contribution in [0, 0.1) is 36.3 Å². The highest BCUT2D eigenvalue weighted by Crippen LogP contribution is 2.55. The summed E-state index contributed by atoms with van der Waals surface area (Å²) in [6, 6.07) is 2.16. The summed E-state index contributed by atoms with van der Waals surface area (Å²) in [5, 5.41) is 0. The van der Waals surface area contributed by atoms with Gasteiger partial charge in [0.1, 0.15) is 11.6 Å². The van der Waals surface area contributed by atoms with Gasteiger partial charge in [-0.25, -0.2) is 8.78 Å². The van der Waals surface area contributed by atoms with Gasteiger partial charge in [0.05, 0.1) is 5.56 Å². The summed E-state index contributed by atoms with van der Waals surface area (Å²) in [5.41, 5.74) is 0.396. The highest BCUT2D eigenvalue weighted by molar-refractivity contribution is 5.98. The third kappa shape index (κ3) is 1.78. The van der Waals surface area contributed by atoms with Gasteiger partial charge in [0.2, 0.25) is 0 Å². The molecule has 1 nitrogen and oxygen atoms in total. The Morgan fingerprint density at radius 3 is 2.41 bits per heavy atom. The molecule has 0 heterocycles. The Labute approximate surface area is 98.8 Å². The highest BCUT2D eigenvalue weighted by atomic mass is 19.1. The molecule has 1 aromatic rings. The Morgan fingerprint density at radius 1 is 1.12 bits per heavy atom. The fourth-order valence-corrected chi connectivity index (χ4v) is 2.99. The van der Waals surface area contributed by atoms with Gasteiger partial charge in [-0.3, -0.25) is 4.79 Å². The zero-order valence-corrected chi connectivity index (χ0v) is 9.67. The lowest BCUT2D eigenvalue weighted by molar-refractivity contribution is 0.0910. The second-order valence-corrected chi connectivity index (χ2v) is 5.37. The topological polar surface area (TPSA) is 17.1 Å². The third-order valence-corrected chi connectivity index (χ3v) is 4.13. The monoisotopic (exact) mass is 236 g/mol. The second kappa shape index (κ2) is 3.62. The molecule has 0 N–H and O–H groups in total. The number of hydrogen-bond donors (Lipinski definition) is 0. The normalized spacial score (nSPS) is 30.2. The molecule has 90 valence electrons. The maximum Gasteiger partial charge on any atom is 0.168 e. The van der Waals surface area contributed by atoms with Gasteiger partial charge in [-0.05, 0) is 49.7 Å². The van der Waals surface area contributed by atoms with E-state index >= 15 is 0 Å². The van der Waals surface area contributed by atoms with Crippen molar-refractivity contribution in [2.24, 2.45) is 17.8 Å². The number of rotatable bonds is 2. The van der Waals surface area contributed by atoms with Crippen LogP contribution in [-0.4, -0.2) is 5.78 Å². The van der Waals surface area contributed by atoms with Crippen molar-refractivity contribution in [1.29, 1.82) is 0 Å². The summed E-state index contributed by atoms with van der Waals surface area (Å²) in [5.74, 6) is -0.120. The molecule has 0 saturated heterocycles. The van der Waals surface area contributed by atoms with E-state index in [1.54, 1.807) is 6.92 Å². The number of Topliss-reactive ketones (excluding diaryl/α,β-unsaturated/α-hetero) is 1. The molecule has 17 heavy (non-hydrogen) atoms. The molecule has 1 aromatic carbocycles. The van der Waals surface area contributed by atoms with Crippen LogP contribution in [0.4, 0.5) is 8.78 Å². The zero-order chi connectivity index (χ0) is 12.2. The van der Waals surface area contributed by atoms with E-state index in [1.807, 2.05) is 0 Å². The van der Waals surface area contributed by atoms with Gasteiger partial charge in [-0.2, -0.15) is 0 Å². The Kier molecular flexibility index (Phi) is 2.32. The molecule has 0 bridgehead atoms. The maximum absolute atomic E-state index is 13.6. The van der Waals surface area contributed by atoms with Crippen molar-refractivity contribution in [2.75, 3.05) is 0 Å². The predicted molar refractivity (Wildman–Crippen MR) is 59.7 cm³/mol. The van der Waals surface area contributed by atoms with Gasteiger partial charge >= 0.3 is 0 Å². The Hall–Kier alpha value is -1.25. The lowest BCUT2D eigenvalue weighted by Gasteiger charge is -2.12. The smallest absolute Gasteiger partial charge is 0.168 e. The number of halogens is 2. The molecule has 3 rings (SSSR count). The van der Waals surface area contributed by atoms with Crippen LogP contribution in [0.1, 0.15) is 35.2 Å². The molecule has 2 aliphatic rings. The van der Waals surface area contributed by atoms with E-state index in [0.29, 0.717) is 17.4 Å². The number of benzene rings is 1. The molecular formula is C14H14F2O. The van der Waals surface area contributed by atoms with Crippen LogP contribution >= 0.6 is 0 Å². The molecule has 0 radical (unpaired) electrons.